The van der Waals surface area contributed by atoms with Gasteiger partial charge in [0.25, 0.3) is 0 Å². The first-order chi connectivity index (χ1) is 16.0. The molecule has 0 saturated heterocycles. The van der Waals surface area contributed by atoms with E-state index in [4.69, 9.17) is 19.4 Å². The summed E-state index contributed by atoms with van der Waals surface area (Å²) in [6.07, 6.45) is 0.899. The van der Waals surface area contributed by atoms with E-state index in [9.17, 15) is 9.18 Å². The fourth-order valence-electron chi connectivity index (χ4n) is 2.78. The summed E-state index contributed by atoms with van der Waals surface area (Å²) in [5.41, 5.74) is 2.42. The highest BCUT2D eigenvalue weighted by Gasteiger charge is 2.16. The molecule has 0 unspecified atom stereocenters. The predicted molar refractivity (Wildman–Crippen MR) is 122 cm³/mol. The van der Waals surface area contributed by atoms with Gasteiger partial charge in [-0.05, 0) is 59.7 Å². The molecule has 0 bridgehead atoms. The van der Waals surface area contributed by atoms with Crippen LogP contribution >= 0.6 is 0 Å². The van der Waals surface area contributed by atoms with Crippen molar-refractivity contribution >= 4 is 12.2 Å². The van der Waals surface area contributed by atoms with E-state index in [2.05, 4.69) is 17.0 Å². The molecule has 0 aliphatic carbocycles. The highest BCUT2D eigenvalue weighted by Crippen LogP contribution is 2.16. The first kappa shape index (κ1) is 23.5. The SMILES string of the molecule is CO[C@@H](Cc1ccc(C#CCOc2ccc(C=NOc3ccccc3F)cc2)cc1)C(=O)O. The monoisotopic (exact) mass is 447 g/mol. The van der Waals surface area contributed by atoms with Gasteiger partial charge in [-0.25, -0.2) is 9.18 Å². The van der Waals surface area contributed by atoms with Crippen molar-refractivity contribution in [3.8, 4) is 23.3 Å². The average molecular weight is 447 g/mol. The fraction of sp³-hybridized carbons (Fsp3) is 0.154. The number of carboxylic acid groups (broad SMARTS) is 1. The van der Waals surface area contributed by atoms with Crippen molar-refractivity contribution in [2.45, 2.75) is 12.5 Å². The van der Waals surface area contributed by atoms with Crippen molar-refractivity contribution in [3.63, 3.8) is 0 Å². The first-order valence-electron chi connectivity index (χ1n) is 10.1. The van der Waals surface area contributed by atoms with Crippen molar-refractivity contribution in [1.82, 2.24) is 0 Å². The summed E-state index contributed by atoms with van der Waals surface area (Å²) in [4.78, 5) is 16.1. The summed E-state index contributed by atoms with van der Waals surface area (Å²) in [5.74, 6) is 5.17. The van der Waals surface area contributed by atoms with Crippen LogP contribution in [0.25, 0.3) is 0 Å². The molecule has 0 aliphatic rings. The third-order valence-electron chi connectivity index (χ3n) is 4.55. The average Bonchev–Trinajstić information content (AvgIpc) is 2.83. The molecule has 0 aliphatic heterocycles. The Morgan fingerprint density at radius 2 is 1.82 bits per heavy atom. The Balaban J connectivity index is 1.46. The molecule has 0 heterocycles. The van der Waals surface area contributed by atoms with Crippen LogP contribution in [0.15, 0.2) is 78.0 Å². The lowest BCUT2D eigenvalue weighted by molar-refractivity contribution is -0.148. The number of hydrogen-bond donors (Lipinski definition) is 1. The van der Waals surface area contributed by atoms with Gasteiger partial charge in [-0.3, -0.25) is 0 Å². The van der Waals surface area contributed by atoms with Gasteiger partial charge in [-0.2, -0.15) is 0 Å². The van der Waals surface area contributed by atoms with E-state index < -0.39 is 17.9 Å². The number of ether oxygens (including phenoxy) is 2. The van der Waals surface area contributed by atoms with E-state index >= 15 is 0 Å². The molecule has 0 saturated carbocycles. The maximum Gasteiger partial charge on any atom is 0.333 e. The summed E-state index contributed by atoms with van der Waals surface area (Å²) >= 11 is 0. The molecule has 0 radical (unpaired) electrons. The van der Waals surface area contributed by atoms with Crippen molar-refractivity contribution in [2.24, 2.45) is 5.16 Å². The lowest BCUT2D eigenvalue weighted by atomic mass is 10.1. The minimum absolute atomic E-state index is 0.0568. The molecule has 0 spiro atoms. The predicted octanol–water partition coefficient (Wildman–Crippen LogP) is 4.31. The van der Waals surface area contributed by atoms with Crippen LogP contribution in [-0.4, -0.2) is 37.1 Å². The minimum Gasteiger partial charge on any atom is -0.481 e. The number of para-hydroxylation sites is 1. The summed E-state index contributed by atoms with van der Waals surface area (Å²) in [7, 11) is 1.38. The van der Waals surface area contributed by atoms with Crippen LogP contribution in [0, 0.1) is 17.7 Å². The topological polar surface area (TPSA) is 77.3 Å². The van der Waals surface area contributed by atoms with Gasteiger partial charge < -0.3 is 19.4 Å². The van der Waals surface area contributed by atoms with Gasteiger partial charge in [0.2, 0.25) is 0 Å². The lowest BCUT2D eigenvalue weighted by Gasteiger charge is -2.10. The Labute approximate surface area is 191 Å². The summed E-state index contributed by atoms with van der Waals surface area (Å²) < 4.78 is 24.0. The number of hydrogen-bond acceptors (Lipinski definition) is 5. The number of halogens is 1. The van der Waals surface area contributed by atoms with E-state index in [1.54, 1.807) is 36.4 Å². The second-order valence-electron chi connectivity index (χ2n) is 6.88. The highest BCUT2D eigenvalue weighted by atomic mass is 19.1. The van der Waals surface area contributed by atoms with Crippen molar-refractivity contribution in [3.05, 3.63) is 95.3 Å². The highest BCUT2D eigenvalue weighted by molar-refractivity contribution is 5.79. The van der Waals surface area contributed by atoms with Crippen LogP contribution < -0.4 is 9.57 Å². The van der Waals surface area contributed by atoms with Crippen LogP contribution in [0.1, 0.15) is 16.7 Å². The van der Waals surface area contributed by atoms with Crippen molar-refractivity contribution < 1.29 is 28.6 Å². The summed E-state index contributed by atoms with van der Waals surface area (Å²) in [6, 6.07) is 20.5. The Hall–Kier alpha value is -4.15. The molecule has 7 heteroatoms. The molecular formula is C26H22FNO5. The molecule has 3 rings (SSSR count). The summed E-state index contributed by atoms with van der Waals surface area (Å²) in [5, 5.41) is 12.8. The Bertz CT molecular complexity index is 1150. The molecule has 1 N–H and O–H groups in total. The molecule has 0 amide bonds. The van der Waals surface area contributed by atoms with Crippen LogP contribution in [0.2, 0.25) is 0 Å². The fourth-order valence-corrected chi connectivity index (χ4v) is 2.78. The molecular weight excluding hydrogens is 425 g/mol. The van der Waals surface area contributed by atoms with Gasteiger partial charge in [0, 0.05) is 19.1 Å². The van der Waals surface area contributed by atoms with E-state index in [0.29, 0.717) is 12.2 Å². The quantitative estimate of drug-likeness (QED) is 0.301. The number of carboxylic acids is 1. The Kier molecular flexibility index (Phi) is 8.57. The molecule has 0 fully saturated rings. The van der Waals surface area contributed by atoms with Gasteiger partial charge >= 0.3 is 5.97 Å². The Morgan fingerprint density at radius 1 is 1.09 bits per heavy atom. The number of benzene rings is 3. The maximum atomic E-state index is 13.5. The molecule has 168 valence electrons. The van der Waals surface area contributed by atoms with Crippen LogP contribution in [0.4, 0.5) is 4.39 Å². The van der Waals surface area contributed by atoms with E-state index in [-0.39, 0.29) is 12.4 Å². The maximum absolute atomic E-state index is 13.5. The molecule has 0 aromatic heterocycles. The zero-order chi connectivity index (χ0) is 23.5. The zero-order valence-electron chi connectivity index (χ0n) is 17.9. The van der Waals surface area contributed by atoms with Gasteiger partial charge in [-0.15, -0.1) is 0 Å². The number of rotatable bonds is 9. The van der Waals surface area contributed by atoms with E-state index in [0.717, 1.165) is 16.7 Å². The van der Waals surface area contributed by atoms with Crippen molar-refractivity contribution in [2.75, 3.05) is 13.7 Å². The van der Waals surface area contributed by atoms with E-state index in [1.807, 2.05) is 24.3 Å². The van der Waals surface area contributed by atoms with Gasteiger partial charge in [0.1, 0.15) is 12.4 Å². The second-order valence-corrected chi connectivity index (χ2v) is 6.88. The molecule has 3 aromatic rings. The van der Waals surface area contributed by atoms with Gasteiger partial charge in [0.05, 0.1) is 6.21 Å². The smallest absolute Gasteiger partial charge is 0.333 e. The van der Waals surface area contributed by atoms with Gasteiger partial charge in [-0.1, -0.05) is 41.3 Å². The first-order valence-corrected chi connectivity index (χ1v) is 10.1. The lowest BCUT2D eigenvalue weighted by Crippen LogP contribution is -2.24. The molecule has 33 heavy (non-hydrogen) atoms. The molecule has 6 nitrogen and oxygen atoms in total. The number of nitrogens with zero attached hydrogens (tertiary/aromatic N) is 1. The normalized spacial score (nSPS) is 11.5. The Morgan fingerprint density at radius 3 is 2.48 bits per heavy atom. The standard InChI is InChI=1S/C26H22FNO5/c1-31-25(26(29)30)17-20-10-8-19(9-11-20)5-4-16-32-22-14-12-21(13-15-22)18-28-33-24-7-3-2-6-23(24)27/h2-3,6-15,18,25H,16-17H2,1H3,(H,29,30)/t25-/m0/s1. The third-order valence-corrected chi connectivity index (χ3v) is 4.55. The van der Waals surface area contributed by atoms with Crippen molar-refractivity contribution in [1.29, 1.82) is 0 Å². The van der Waals surface area contributed by atoms with Gasteiger partial charge in [0.15, 0.2) is 17.7 Å². The largest absolute Gasteiger partial charge is 0.481 e. The molecule has 3 aromatic carbocycles. The second kappa shape index (κ2) is 12.0. The minimum atomic E-state index is -0.991. The number of methoxy groups -OCH3 is 1. The number of aliphatic carboxylic acids is 1. The number of carbonyl (C=O) groups is 1. The number of oxime groups is 1. The summed E-state index contributed by atoms with van der Waals surface area (Å²) in [6.45, 7) is 0.205. The van der Waals surface area contributed by atoms with E-state index in [1.165, 1.54) is 25.5 Å². The van der Waals surface area contributed by atoms with Crippen LogP contribution in [-0.2, 0) is 16.0 Å². The zero-order valence-corrected chi connectivity index (χ0v) is 17.9. The molecule has 1 atom stereocenters. The van der Waals surface area contributed by atoms with Crippen LogP contribution in [0.3, 0.4) is 0 Å². The van der Waals surface area contributed by atoms with Crippen LogP contribution in [0.5, 0.6) is 11.5 Å². The third kappa shape index (κ3) is 7.49.